The summed E-state index contributed by atoms with van der Waals surface area (Å²) in [6.07, 6.45) is 0. The number of halogens is 1. The summed E-state index contributed by atoms with van der Waals surface area (Å²) in [5.74, 6) is 0.453. The van der Waals surface area contributed by atoms with E-state index in [1.165, 1.54) is 35.6 Å². The maximum Gasteiger partial charge on any atom is 0.263 e. The van der Waals surface area contributed by atoms with Crippen LogP contribution in [0.25, 0.3) is 10.8 Å². The average Bonchev–Trinajstić information content (AvgIpc) is 3.38. The van der Waals surface area contributed by atoms with Crippen molar-refractivity contribution in [2.75, 3.05) is 5.32 Å². The lowest BCUT2D eigenvalue weighted by atomic mass is 10.1. The van der Waals surface area contributed by atoms with E-state index in [-0.39, 0.29) is 18.4 Å². The fraction of sp³-hybridized carbons (Fsp3) is 0.125. The fourth-order valence-corrected chi connectivity index (χ4v) is 4.03. The first-order valence-corrected chi connectivity index (χ1v) is 10.7. The topological polar surface area (TPSA) is 84.2 Å². The average molecular weight is 450 g/mol. The maximum atomic E-state index is 13.0. The molecule has 2 heterocycles. The van der Waals surface area contributed by atoms with Crippen molar-refractivity contribution in [2.24, 2.45) is 0 Å². The zero-order chi connectivity index (χ0) is 22.7. The summed E-state index contributed by atoms with van der Waals surface area (Å²) in [5.41, 5.74) is 2.39. The van der Waals surface area contributed by atoms with Crippen molar-refractivity contribution < 1.29 is 18.4 Å². The highest BCUT2D eigenvalue weighted by atomic mass is 32.1. The van der Waals surface area contributed by atoms with Gasteiger partial charge in [-0.15, -0.1) is 11.3 Å². The van der Waals surface area contributed by atoms with Gasteiger partial charge in [0, 0.05) is 17.8 Å². The third kappa shape index (κ3) is 4.92. The van der Waals surface area contributed by atoms with E-state index in [0.717, 1.165) is 11.3 Å². The molecule has 32 heavy (non-hydrogen) atoms. The monoisotopic (exact) mass is 449 g/mol. The molecule has 0 aliphatic carbocycles. The first-order chi connectivity index (χ1) is 15.4. The van der Waals surface area contributed by atoms with Crippen LogP contribution in [0, 0.1) is 19.7 Å². The zero-order valence-corrected chi connectivity index (χ0v) is 18.3. The summed E-state index contributed by atoms with van der Waals surface area (Å²) < 4.78 is 18.6. The molecule has 0 bridgehead atoms. The number of nitrogens with zero attached hydrogens (tertiary/aromatic N) is 1. The number of thiazole rings is 1. The molecule has 2 aromatic carbocycles. The Labute approximate surface area is 188 Å². The molecule has 4 aromatic rings. The molecule has 6 nitrogen and oxygen atoms in total. The minimum atomic E-state index is -0.401. The van der Waals surface area contributed by atoms with E-state index < -0.39 is 5.82 Å². The number of carbonyl (C=O) groups is 2. The van der Waals surface area contributed by atoms with Gasteiger partial charge in [-0.1, -0.05) is 12.1 Å². The van der Waals surface area contributed by atoms with Crippen LogP contribution in [0.3, 0.4) is 0 Å². The molecule has 2 amide bonds. The number of nitrogens with one attached hydrogen (secondary N) is 2. The van der Waals surface area contributed by atoms with Gasteiger partial charge in [-0.2, -0.15) is 0 Å². The number of benzene rings is 2. The molecule has 8 heteroatoms. The van der Waals surface area contributed by atoms with Crippen LogP contribution in [0.4, 0.5) is 10.1 Å². The molecule has 0 aliphatic rings. The smallest absolute Gasteiger partial charge is 0.263 e. The number of hydrogen-bond acceptors (Lipinski definition) is 5. The molecule has 0 radical (unpaired) electrons. The number of rotatable bonds is 6. The summed E-state index contributed by atoms with van der Waals surface area (Å²) in [5, 5.41) is 6.33. The lowest BCUT2D eigenvalue weighted by molar-refractivity contribution is 0.0953. The van der Waals surface area contributed by atoms with Crippen LogP contribution >= 0.6 is 11.3 Å². The van der Waals surface area contributed by atoms with Crippen molar-refractivity contribution in [2.45, 2.75) is 20.4 Å². The summed E-state index contributed by atoms with van der Waals surface area (Å²) in [6, 6.07) is 16.2. The maximum absolute atomic E-state index is 13.0. The van der Waals surface area contributed by atoms with Gasteiger partial charge in [0.2, 0.25) is 0 Å². The van der Waals surface area contributed by atoms with E-state index >= 15 is 0 Å². The minimum Gasteiger partial charge on any atom is -0.459 e. The van der Waals surface area contributed by atoms with Gasteiger partial charge in [0.25, 0.3) is 11.8 Å². The molecule has 0 atom stereocenters. The molecule has 0 unspecified atom stereocenters. The van der Waals surface area contributed by atoms with E-state index in [1.54, 1.807) is 25.1 Å². The normalized spacial score (nSPS) is 10.7. The van der Waals surface area contributed by atoms with Crippen LogP contribution in [0.5, 0.6) is 0 Å². The summed E-state index contributed by atoms with van der Waals surface area (Å²) in [7, 11) is 0. The van der Waals surface area contributed by atoms with Crippen LogP contribution in [-0.2, 0) is 6.54 Å². The highest BCUT2D eigenvalue weighted by Crippen LogP contribution is 2.29. The van der Waals surface area contributed by atoms with E-state index in [1.807, 2.05) is 25.1 Å². The van der Waals surface area contributed by atoms with Crippen molar-refractivity contribution in [1.29, 1.82) is 0 Å². The molecule has 0 aliphatic heterocycles. The molecule has 4 rings (SSSR count). The van der Waals surface area contributed by atoms with Gasteiger partial charge < -0.3 is 15.1 Å². The number of amides is 2. The molecule has 162 valence electrons. The Hall–Kier alpha value is -3.78. The largest absolute Gasteiger partial charge is 0.459 e. The fourth-order valence-electron chi connectivity index (χ4n) is 3.09. The highest BCUT2D eigenvalue weighted by Gasteiger charge is 2.17. The molecular weight excluding hydrogens is 429 g/mol. The van der Waals surface area contributed by atoms with Crippen molar-refractivity contribution in [3.63, 3.8) is 0 Å². The summed E-state index contributed by atoms with van der Waals surface area (Å²) >= 11 is 1.28. The second-order valence-corrected chi connectivity index (χ2v) is 8.19. The van der Waals surface area contributed by atoms with Crippen LogP contribution in [-0.4, -0.2) is 16.8 Å². The van der Waals surface area contributed by atoms with Crippen LogP contribution in [0.1, 0.15) is 37.0 Å². The van der Waals surface area contributed by atoms with Crippen LogP contribution in [0.15, 0.2) is 65.1 Å². The van der Waals surface area contributed by atoms with Crippen molar-refractivity contribution in [3.8, 4) is 10.8 Å². The van der Waals surface area contributed by atoms with Gasteiger partial charge >= 0.3 is 0 Å². The summed E-state index contributed by atoms with van der Waals surface area (Å²) in [6.45, 7) is 3.93. The first kappa shape index (κ1) is 21.5. The minimum absolute atomic E-state index is 0.227. The van der Waals surface area contributed by atoms with E-state index in [4.69, 9.17) is 4.42 Å². The lowest BCUT2D eigenvalue weighted by Crippen LogP contribution is -2.22. The quantitative estimate of drug-likeness (QED) is 0.416. The molecule has 0 saturated carbocycles. The van der Waals surface area contributed by atoms with E-state index in [2.05, 4.69) is 15.6 Å². The van der Waals surface area contributed by atoms with Crippen molar-refractivity contribution in [3.05, 3.63) is 93.9 Å². The third-order valence-corrected chi connectivity index (χ3v) is 5.87. The predicted molar refractivity (Wildman–Crippen MR) is 121 cm³/mol. The molecule has 0 fully saturated rings. The van der Waals surface area contributed by atoms with Crippen molar-refractivity contribution in [1.82, 2.24) is 10.3 Å². The Bertz CT molecular complexity index is 1280. The van der Waals surface area contributed by atoms with Gasteiger partial charge in [-0.05, 0) is 67.9 Å². The third-order valence-electron chi connectivity index (χ3n) is 4.70. The second-order valence-electron chi connectivity index (χ2n) is 7.19. The second kappa shape index (κ2) is 9.15. The Kier molecular flexibility index (Phi) is 6.13. The van der Waals surface area contributed by atoms with E-state index in [0.29, 0.717) is 32.6 Å². The number of anilines is 1. The molecule has 2 aromatic heterocycles. The molecule has 0 spiro atoms. The number of hydrogen-bond donors (Lipinski definition) is 2. The van der Waals surface area contributed by atoms with Gasteiger partial charge in [0.15, 0.2) is 10.8 Å². The summed E-state index contributed by atoms with van der Waals surface area (Å²) in [4.78, 5) is 30.0. The Balaban J connectivity index is 1.40. The van der Waals surface area contributed by atoms with Crippen molar-refractivity contribution >= 4 is 28.8 Å². The van der Waals surface area contributed by atoms with Crippen LogP contribution in [0.2, 0.25) is 0 Å². The van der Waals surface area contributed by atoms with E-state index in [9.17, 15) is 14.0 Å². The molecular formula is C24H20FN3O3S. The van der Waals surface area contributed by atoms with Gasteiger partial charge in [-0.25, -0.2) is 9.37 Å². The highest BCUT2D eigenvalue weighted by molar-refractivity contribution is 7.17. The predicted octanol–water partition coefficient (Wildman–Crippen LogP) is 5.34. The molecule has 2 N–H and O–H groups in total. The standard InChI is InChI=1S/C24H20FN3O3S/c1-14-6-11-20(31-14)24-27-15(2)21(32-24)23(30)26-13-16-4-3-5-19(12-16)28-22(29)17-7-9-18(25)10-8-17/h3-12H,13H2,1-2H3,(H,26,30)(H,28,29). The van der Waals surface area contributed by atoms with Gasteiger partial charge in [0.1, 0.15) is 16.5 Å². The number of carbonyl (C=O) groups excluding carboxylic acids is 2. The Morgan fingerprint density at radius 1 is 1.03 bits per heavy atom. The van der Waals surface area contributed by atoms with Gasteiger partial charge in [-0.3, -0.25) is 9.59 Å². The lowest BCUT2D eigenvalue weighted by Gasteiger charge is -2.09. The van der Waals surface area contributed by atoms with Gasteiger partial charge in [0.05, 0.1) is 5.69 Å². The first-order valence-electron chi connectivity index (χ1n) is 9.87. The van der Waals surface area contributed by atoms with Crippen LogP contribution < -0.4 is 10.6 Å². The zero-order valence-electron chi connectivity index (χ0n) is 17.4. The SMILES string of the molecule is Cc1ccc(-c2nc(C)c(C(=O)NCc3cccc(NC(=O)c4ccc(F)cc4)c3)s2)o1. The number of aromatic nitrogens is 1. The molecule has 0 saturated heterocycles. The number of aryl methyl sites for hydroxylation is 2. The number of furan rings is 1. The Morgan fingerprint density at radius 3 is 2.53 bits per heavy atom. The Morgan fingerprint density at radius 2 is 1.81 bits per heavy atom.